The minimum Gasteiger partial charge on any atom is -0.334 e. The summed E-state index contributed by atoms with van der Waals surface area (Å²) in [5.41, 5.74) is 2.19. The van der Waals surface area contributed by atoms with Gasteiger partial charge in [0.15, 0.2) is 0 Å². The molecule has 0 bridgehead atoms. The molecule has 0 heterocycles. The molecule has 0 aliphatic carbocycles. The Labute approximate surface area is 150 Å². The first kappa shape index (κ1) is 23.2. The SMILES string of the molecule is CCCCCCCCCCC(CCCCCCCC)NC(=O)NN. The first-order chi connectivity index (χ1) is 11.7. The van der Waals surface area contributed by atoms with Gasteiger partial charge in [-0.25, -0.2) is 10.6 Å². The Hall–Kier alpha value is -0.770. The van der Waals surface area contributed by atoms with Crippen LogP contribution in [0.4, 0.5) is 4.79 Å². The van der Waals surface area contributed by atoms with E-state index in [4.69, 9.17) is 5.84 Å². The summed E-state index contributed by atoms with van der Waals surface area (Å²) in [7, 11) is 0. The lowest BCUT2D eigenvalue weighted by atomic mass is 10.00. The maximum absolute atomic E-state index is 11.5. The third-order valence-electron chi connectivity index (χ3n) is 4.78. The molecule has 4 heteroatoms. The number of urea groups is 1. The van der Waals surface area contributed by atoms with Gasteiger partial charge in [-0.1, -0.05) is 104 Å². The summed E-state index contributed by atoms with van der Waals surface area (Å²) in [6.07, 6.45) is 20.6. The van der Waals surface area contributed by atoms with Gasteiger partial charge in [0.25, 0.3) is 0 Å². The van der Waals surface area contributed by atoms with Gasteiger partial charge in [0.2, 0.25) is 0 Å². The van der Waals surface area contributed by atoms with E-state index < -0.39 is 0 Å². The second kappa shape index (κ2) is 18.6. The molecule has 0 aromatic carbocycles. The third-order valence-corrected chi connectivity index (χ3v) is 4.78. The van der Waals surface area contributed by atoms with Crippen molar-refractivity contribution in [2.24, 2.45) is 5.84 Å². The second-order valence-corrected chi connectivity index (χ2v) is 7.13. The summed E-state index contributed by atoms with van der Waals surface area (Å²) in [6.45, 7) is 4.50. The minimum absolute atomic E-state index is 0.245. The fourth-order valence-electron chi connectivity index (χ4n) is 3.21. The number of hydrazine groups is 1. The minimum atomic E-state index is -0.245. The van der Waals surface area contributed by atoms with E-state index in [1.54, 1.807) is 0 Å². The van der Waals surface area contributed by atoms with E-state index in [1.165, 1.54) is 89.9 Å². The Morgan fingerprint density at radius 2 is 1.08 bits per heavy atom. The Bertz CT molecular complexity index is 272. The van der Waals surface area contributed by atoms with E-state index in [1.807, 2.05) is 0 Å². The number of hydrogen-bond donors (Lipinski definition) is 3. The molecule has 0 aromatic heterocycles. The van der Waals surface area contributed by atoms with Crippen molar-refractivity contribution >= 4 is 6.03 Å². The monoisotopic (exact) mass is 341 g/mol. The maximum Gasteiger partial charge on any atom is 0.329 e. The van der Waals surface area contributed by atoms with E-state index in [9.17, 15) is 4.79 Å². The number of carbonyl (C=O) groups excluding carboxylic acids is 1. The molecule has 0 aliphatic rings. The van der Waals surface area contributed by atoms with Gasteiger partial charge in [0.05, 0.1) is 0 Å². The summed E-state index contributed by atoms with van der Waals surface area (Å²) >= 11 is 0. The van der Waals surface area contributed by atoms with Crippen molar-refractivity contribution in [1.82, 2.24) is 10.7 Å². The highest BCUT2D eigenvalue weighted by Crippen LogP contribution is 2.14. The molecular formula is C20H43N3O. The Balaban J connectivity index is 3.73. The van der Waals surface area contributed by atoms with Gasteiger partial charge >= 0.3 is 6.03 Å². The molecule has 24 heavy (non-hydrogen) atoms. The zero-order valence-corrected chi connectivity index (χ0v) is 16.4. The topological polar surface area (TPSA) is 67.2 Å². The van der Waals surface area contributed by atoms with Crippen LogP contribution in [0, 0.1) is 0 Å². The predicted octanol–water partition coefficient (Wildman–Crippen LogP) is 5.81. The molecule has 0 spiro atoms. The number of unbranched alkanes of at least 4 members (excludes halogenated alkanes) is 12. The highest BCUT2D eigenvalue weighted by atomic mass is 16.2. The van der Waals surface area contributed by atoms with Crippen LogP contribution in [0.3, 0.4) is 0 Å². The Morgan fingerprint density at radius 3 is 1.46 bits per heavy atom. The average Bonchev–Trinajstić information content (AvgIpc) is 2.59. The summed E-state index contributed by atoms with van der Waals surface area (Å²) in [5, 5.41) is 3.01. The van der Waals surface area contributed by atoms with Crippen LogP contribution in [0.25, 0.3) is 0 Å². The van der Waals surface area contributed by atoms with Gasteiger partial charge in [0, 0.05) is 6.04 Å². The van der Waals surface area contributed by atoms with Crippen molar-refractivity contribution in [3.05, 3.63) is 0 Å². The summed E-state index contributed by atoms with van der Waals surface area (Å²) in [5.74, 6) is 5.20. The van der Waals surface area contributed by atoms with Crippen molar-refractivity contribution < 1.29 is 4.79 Å². The van der Waals surface area contributed by atoms with Crippen molar-refractivity contribution in [2.45, 2.75) is 123 Å². The molecule has 1 atom stereocenters. The summed E-state index contributed by atoms with van der Waals surface area (Å²) in [4.78, 5) is 11.5. The second-order valence-electron chi connectivity index (χ2n) is 7.13. The van der Waals surface area contributed by atoms with Crippen LogP contribution in [0.1, 0.15) is 117 Å². The zero-order valence-electron chi connectivity index (χ0n) is 16.4. The quantitative estimate of drug-likeness (QED) is 0.135. The van der Waals surface area contributed by atoms with Crippen LogP contribution in [0.15, 0.2) is 0 Å². The molecule has 2 amide bonds. The lowest BCUT2D eigenvalue weighted by Crippen LogP contribution is -2.45. The molecule has 4 N–H and O–H groups in total. The molecular weight excluding hydrogens is 298 g/mol. The number of nitrogens with two attached hydrogens (primary N) is 1. The van der Waals surface area contributed by atoms with E-state index >= 15 is 0 Å². The van der Waals surface area contributed by atoms with Gasteiger partial charge in [-0.15, -0.1) is 0 Å². The molecule has 0 radical (unpaired) electrons. The molecule has 0 saturated heterocycles. The smallest absolute Gasteiger partial charge is 0.329 e. The summed E-state index contributed by atoms with van der Waals surface area (Å²) < 4.78 is 0. The van der Waals surface area contributed by atoms with Crippen LogP contribution in [0.5, 0.6) is 0 Å². The van der Waals surface area contributed by atoms with E-state index in [0.29, 0.717) is 0 Å². The molecule has 0 aromatic rings. The molecule has 0 rings (SSSR count). The standard InChI is InChI=1S/C20H43N3O/c1-3-5-7-9-11-12-14-16-18-19(22-20(24)23-21)17-15-13-10-8-6-4-2/h19H,3-18,21H2,1-2H3,(H2,22,23,24). The van der Waals surface area contributed by atoms with Crippen molar-refractivity contribution in [3.8, 4) is 0 Å². The van der Waals surface area contributed by atoms with Crippen molar-refractivity contribution in [3.63, 3.8) is 0 Å². The van der Waals surface area contributed by atoms with Crippen LogP contribution < -0.4 is 16.6 Å². The predicted molar refractivity (Wildman–Crippen MR) is 105 cm³/mol. The highest BCUT2D eigenvalue weighted by molar-refractivity contribution is 5.73. The Kier molecular flexibility index (Phi) is 18.0. The third kappa shape index (κ3) is 16.1. The molecule has 4 nitrogen and oxygen atoms in total. The number of carbonyl (C=O) groups is 1. The van der Waals surface area contributed by atoms with Crippen molar-refractivity contribution in [2.75, 3.05) is 0 Å². The maximum atomic E-state index is 11.5. The number of nitrogens with one attached hydrogen (secondary N) is 2. The Morgan fingerprint density at radius 1 is 0.708 bits per heavy atom. The van der Waals surface area contributed by atoms with Crippen LogP contribution in [-0.2, 0) is 0 Å². The lowest BCUT2D eigenvalue weighted by Gasteiger charge is -2.18. The zero-order chi connectivity index (χ0) is 17.9. The van der Waals surface area contributed by atoms with Gasteiger partial charge < -0.3 is 5.32 Å². The molecule has 0 fully saturated rings. The van der Waals surface area contributed by atoms with Gasteiger partial charge in [-0.05, 0) is 12.8 Å². The molecule has 144 valence electrons. The fraction of sp³-hybridized carbons (Fsp3) is 0.950. The number of amides is 2. The fourth-order valence-corrected chi connectivity index (χ4v) is 3.21. The lowest BCUT2D eigenvalue weighted by molar-refractivity contribution is 0.235. The molecule has 1 unspecified atom stereocenters. The highest BCUT2D eigenvalue weighted by Gasteiger charge is 2.11. The number of rotatable bonds is 17. The van der Waals surface area contributed by atoms with E-state index in [2.05, 4.69) is 24.6 Å². The van der Waals surface area contributed by atoms with Crippen LogP contribution in [0.2, 0.25) is 0 Å². The number of hydrogen-bond acceptors (Lipinski definition) is 2. The first-order valence-electron chi connectivity index (χ1n) is 10.5. The largest absolute Gasteiger partial charge is 0.334 e. The van der Waals surface area contributed by atoms with Gasteiger partial charge in [0.1, 0.15) is 0 Å². The molecule has 0 saturated carbocycles. The van der Waals surface area contributed by atoms with Crippen LogP contribution >= 0.6 is 0 Å². The van der Waals surface area contributed by atoms with E-state index in [0.717, 1.165) is 12.8 Å². The van der Waals surface area contributed by atoms with Gasteiger partial charge in [-0.3, -0.25) is 5.43 Å². The van der Waals surface area contributed by atoms with E-state index in [-0.39, 0.29) is 12.1 Å². The van der Waals surface area contributed by atoms with Crippen molar-refractivity contribution in [1.29, 1.82) is 0 Å². The van der Waals surface area contributed by atoms with Crippen LogP contribution in [-0.4, -0.2) is 12.1 Å². The van der Waals surface area contributed by atoms with Gasteiger partial charge in [-0.2, -0.15) is 0 Å². The average molecular weight is 342 g/mol. The summed E-state index contributed by atoms with van der Waals surface area (Å²) in [6, 6.07) is 0.0327. The molecule has 0 aliphatic heterocycles. The first-order valence-corrected chi connectivity index (χ1v) is 10.5. The normalized spacial score (nSPS) is 12.1.